The number of benzene rings is 1. The fourth-order valence-electron chi connectivity index (χ4n) is 2.42. The Morgan fingerprint density at radius 3 is 2.60 bits per heavy atom. The summed E-state index contributed by atoms with van der Waals surface area (Å²) in [4.78, 5) is 14.9. The van der Waals surface area contributed by atoms with Crippen LogP contribution in [0.4, 0.5) is 10.2 Å². The highest BCUT2D eigenvalue weighted by Gasteiger charge is 2.27. The molecule has 0 aliphatic heterocycles. The molecule has 0 saturated carbocycles. The fraction of sp³-hybridized carbons (Fsp3) is 0.111. The molecular formula is C18H16FN2O4+. The van der Waals surface area contributed by atoms with Crippen molar-refractivity contribution in [2.24, 2.45) is 0 Å². The van der Waals surface area contributed by atoms with Crippen LogP contribution in [0.25, 0.3) is 0 Å². The summed E-state index contributed by atoms with van der Waals surface area (Å²) >= 11 is 0. The molecule has 1 aromatic carbocycles. The summed E-state index contributed by atoms with van der Waals surface area (Å²) in [5.41, 5.74) is -0.108. The summed E-state index contributed by atoms with van der Waals surface area (Å²) in [6, 6.07) is 11.1. The molecule has 6 nitrogen and oxygen atoms in total. The SMILES string of the molecule is O=c1cc(CO)oc(C(Nc2cccc[nH+]2)c2ccc(F)cc2)c1O. The second kappa shape index (κ2) is 7.14. The lowest BCUT2D eigenvalue weighted by Crippen LogP contribution is -2.20. The number of rotatable bonds is 5. The molecule has 25 heavy (non-hydrogen) atoms. The third-order valence-corrected chi connectivity index (χ3v) is 3.63. The zero-order valence-corrected chi connectivity index (χ0v) is 13.1. The molecule has 0 bridgehead atoms. The third-order valence-electron chi connectivity index (χ3n) is 3.63. The first-order valence-corrected chi connectivity index (χ1v) is 7.54. The van der Waals surface area contributed by atoms with Crippen LogP contribution in [0.5, 0.6) is 5.75 Å². The smallest absolute Gasteiger partial charge is 0.273 e. The molecule has 0 saturated heterocycles. The molecule has 0 aliphatic carbocycles. The second-order valence-corrected chi connectivity index (χ2v) is 5.35. The van der Waals surface area contributed by atoms with E-state index in [9.17, 15) is 19.4 Å². The molecule has 0 radical (unpaired) electrons. The van der Waals surface area contributed by atoms with Gasteiger partial charge in [-0.15, -0.1) is 0 Å². The average Bonchev–Trinajstić information content (AvgIpc) is 2.64. The molecule has 0 spiro atoms. The number of halogens is 1. The van der Waals surface area contributed by atoms with Gasteiger partial charge in [0.2, 0.25) is 11.2 Å². The van der Waals surface area contributed by atoms with Crippen molar-refractivity contribution < 1.29 is 24.0 Å². The minimum Gasteiger partial charge on any atom is -0.502 e. The lowest BCUT2D eigenvalue weighted by atomic mass is 10.0. The second-order valence-electron chi connectivity index (χ2n) is 5.35. The van der Waals surface area contributed by atoms with Gasteiger partial charge >= 0.3 is 0 Å². The summed E-state index contributed by atoms with van der Waals surface area (Å²) < 4.78 is 18.7. The maximum Gasteiger partial charge on any atom is 0.273 e. The van der Waals surface area contributed by atoms with Crippen molar-refractivity contribution in [3.05, 3.63) is 87.9 Å². The van der Waals surface area contributed by atoms with Gasteiger partial charge in [0.25, 0.3) is 5.82 Å². The van der Waals surface area contributed by atoms with E-state index in [4.69, 9.17) is 4.42 Å². The van der Waals surface area contributed by atoms with Gasteiger partial charge < -0.3 is 14.6 Å². The highest BCUT2D eigenvalue weighted by Crippen LogP contribution is 2.30. The fourth-order valence-corrected chi connectivity index (χ4v) is 2.42. The van der Waals surface area contributed by atoms with E-state index in [-0.39, 0.29) is 11.5 Å². The zero-order valence-electron chi connectivity index (χ0n) is 13.1. The van der Waals surface area contributed by atoms with Crippen molar-refractivity contribution in [1.82, 2.24) is 0 Å². The Labute approximate surface area is 142 Å². The minimum absolute atomic E-state index is 0.0174. The van der Waals surface area contributed by atoms with Crippen LogP contribution >= 0.6 is 0 Å². The Morgan fingerprint density at radius 2 is 1.96 bits per heavy atom. The van der Waals surface area contributed by atoms with Crippen LogP contribution in [-0.4, -0.2) is 10.2 Å². The Kier molecular flexibility index (Phi) is 4.76. The molecule has 4 N–H and O–H groups in total. The molecule has 0 aliphatic rings. The van der Waals surface area contributed by atoms with Gasteiger partial charge in [0.15, 0.2) is 11.8 Å². The van der Waals surface area contributed by atoms with Crippen molar-refractivity contribution in [3.8, 4) is 5.75 Å². The van der Waals surface area contributed by atoms with E-state index >= 15 is 0 Å². The molecule has 3 aromatic rings. The molecule has 2 aromatic heterocycles. The Balaban J connectivity index is 2.12. The van der Waals surface area contributed by atoms with Gasteiger partial charge in [-0.05, 0) is 18.2 Å². The molecule has 7 heteroatoms. The van der Waals surface area contributed by atoms with Crippen molar-refractivity contribution in [1.29, 1.82) is 0 Å². The molecule has 128 valence electrons. The Bertz CT molecular complexity index is 911. The van der Waals surface area contributed by atoms with Crippen molar-refractivity contribution in [2.45, 2.75) is 12.6 Å². The van der Waals surface area contributed by atoms with Gasteiger partial charge in [0.05, 0.1) is 6.20 Å². The summed E-state index contributed by atoms with van der Waals surface area (Å²) in [7, 11) is 0. The first kappa shape index (κ1) is 16.7. The number of aromatic amines is 1. The number of aromatic nitrogens is 1. The maximum atomic E-state index is 13.3. The molecule has 2 heterocycles. The van der Waals surface area contributed by atoms with Gasteiger partial charge in [-0.25, -0.2) is 9.37 Å². The van der Waals surface area contributed by atoms with Crippen molar-refractivity contribution >= 4 is 5.82 Å². The number of nitrogens with one attached hydrogen (secondary N) is 2. The quantitative estimate of drug-likeness (QED) is 0.658. The van der Waals surface area contributed by atoms with Crippen LogP contribution in [0.15, 0.2) is 63.9 Å². The van der Waals surface area contributed by atoms with Crippen LogP contribution in [0.1, 0.15) is 23.1 Å². The van der Waals surface area contributed by atoms with E-state index in [1.165, 1.54) is 24.3 Å². The maximum absolute atomic E-state index is 13.3. The summed E-state index contributed by atoms with van der Waals surface area (Å²) in [5.74, 6) is -0.448. The van der Waals surface area contributed by atoms with Crippen LogP contribution in [0.3, 0.4) is 0 Å². The van der Waals surface area contributed by atoms with E-state index in [0.29, 0.717) is 11.4 Å². The lowest BCUT2D eigenvalue weighted by molar-refractivity contribution is -0.361. The number of hydrogen-bond acceptors (Lipinski definition) is 5. The number of H-pyrrole nitrogens is 1. The van der Waals surface area contributed by atoms with Gasteiger partial charge in [-0.1, -0.05) is 18.2 Å². The van der Waals surface area contributed by atoms with Crippen molar-refractivity contribution in [2.75, 3.05) is 5.32 Å². The first-order valence-electron chi connectivity index (χ1n) is 7.54. The largest absolute Gasteiger partial charge is 0.502 e. The number of aliphatic hydroxyl groups is 1. The topological polar surface area (TPSA) is 96.8 Å². The highest BCUT2D eigenvalue weighted by atomic mass is 19.1. The Hall–Kier alpha value is -3.19. The third kappa shape index (κ3) is 3.67. The van der Waals surface area contributed by atoms with Crippen LogP contribution in [-0.2, 0) is 6.61 Å². The molecular weight excluding hydrogens is 327 g/mol. The number of hydrogen-bond donors (Lipinski definition) is 3. The predicted molar refractivity (Wildman–Crippen MR) is 87.4 cm³/mol. The molecule has 0 fully saturated rings. The summed E-state index contributed by atoms with van der Waals surface area (Å²) in [6.07, 6.45) is 1.70. The van der Waals surface area contributed by atoms with Gasteiger partial charge in [0.1, 0.15) is 18.2 Å². The molecule has 1 atom stereocenters. The highest BCUT2D eigenvalue weighted by molar-refractivity contribution is 5.43. The number of aromatic hydroxyl groups is 1. The molecule has 0 amide bonds. The van der Waals surface area contributed by atoms with Crippen molar-refractivity contribution in [3.63, 3.8) is 0 Å². The summed E-state index contributed by atoms with van der Waals surface area (Å²) in [5, 5.41) is 22.5. The van der Waals surface area contributed by atoms with E-state index in [2.05, 4.69) is 10.3 Å². The monoisotopic (exact) mass is 343 g/mol. The predicted octanol–water partition coefficient (Wildman–Crippen LogP) is 1.99. The van der Waals surface area contributed by atoms with Crippen LogP contribution in [0, 0.1) is 5.82 Å². The molecule has 3 rings (SSSR count). The standard InChI is InChI=1S/C18H15FN2O4/c19-12-6-4-11(5-7-12)16(21-15-3-1-2-8-20-15)18-17(24)14(23)9-13(10-22)25-18/h1-9,16,22,24H,10H2,(H,20,21)/p+1. The normalized spacial score (nSPS) is 11.9. The lowest BCUT2D eigenvalue weighted by Gasteiger charge is -2.16. The van der Waals surface area contributed by atoms with E-state index in [1.807, 2.05) is 0 Å². The van der Waals surface area contributed by atoms with Crippen LogP contribution in [0.2, 0.25) is 0 Å². The van der Waals surface area contributed by atoms with Gasteiger partial charge in [-0.3, -0.25) is 10.1 Å². The van der Waals surface area contributed by atoms with E-state index < -0.39 is 29.6 Å². The molecule has 1 unspecified atom stereocenters. The first-order chi connectivity index (χ1) is 12.1. The van der Waals surface area contributed by atoms with E-state index in [1.54, 1.807) is 24.4 Å². The summed E-state index contributed by atoms with van der Waals surface area (Å²) in [6.45, 7) is -0.490. The Morgan fingerprint density at radius 1 is 1.20 bits per heavy atom. The number of pyridine rings is 1. The average molecular weight is 343 g/mol. The number of aliphatic hydroxyl groups excluding tert-OH is 1. The number of anilines is 1. The zero-order chi connectivity index (χ0) is 17.8. The van der Waals surface area contributed by atoms with Crippen LogP contribution < -0.4 is 15.7 Å². The van der Waals surface area contributed by atoms with Gasteiger partial charge in [-0.2, -0.15) is 0 Å². The minimum atomic E-state index is -0.779. The van der Waals surface area contributed by atoms with Gasteiger partial charge in [0, 0.05) is 17.7 Å². The van der Waals surface area contributed by atoms with E-state index in [0.717, 1.165) is 6.07 Å².